The average molecular weight is 285 g/mol. The molecule has 0 unspecified atom stereocenters. The minimum atomic E-state index is 0.0401. The number of likely N-dealkylation sites (N-methyl/N-ethyl adjacent to an activating group) is 1. The lowest BCUT2D eigenvalue weighted by molar-refractivity contribution is 0.0701. The average Bonchev–Trinajstić information content (AvgIpc) is 2.72. The molecule has 108 valence electrons. The van der Waals surface area contributed by atoms with Crippen molar-refractivity contribution < 1.29 is 14.6 Å². The summed E-state index contributed by atoms with van der Waals surface area (Å²) in [4.78, 5) is 16.6. The van der Waals surface area contributed by atoms with Crippen molar-refractivity contribution >= 4 is 17.1 Å². The number of nitrogens with zero attached hydrogens (tertiary/aromatic N) is 1. The van der Waals surface area contributed by atoms with Gasteiger partial charge in [-0.15, -0.1) is 11.3 Å². The van der Waals surface area contributed by atoms with Crippen molar-refractivity contribution in [3.8, 4) is 0 Å². The van der Waals surface area contributed by atoms with E-state index in [1.54, 1.807) is 11.3 Å². The highest BCUT2D eigenvalue weighted by Gasteiger charge is 2.15. The lowest BCUT2D eigenvalue weighted by Gasteiger charge is -2.19. The molecule has 1 N–H and O–H groups in total. The number of aliphatic hydroxyl groups excluding tert-OH is 1. The van der Waals surface area contributed by atoms with Crippen LogP contribution in [-0.2, 0) is 4.74 Å². The molecule has 5 heteroatoms. The first kappa shape index (κ1) is 16.3. The van der Waals surface area contributed by atoms with Gasteiger partial charge in [0.25, 0.3) is 0 Å². The zero-order valence-electron chi connectivity index (χ0n) is 11.9. The third-order valence-electron chi connectivity index (χ3n) is 2.94. The maximum absolute atomic E-state index is 12.2. The number of carbonyl (C=O) groups is 1. The van der Waals surface area contributed by atoms with Crippen LogP contribution in [0.25, 0.3) is 0 Å². The molecule has 19 heavy (non-hydrogen) atoms. The molecule has 0 fully saturated rings. The Morgan fingerprint density at radius 2 is 2.16 bits per heavy atom. The molecule has 1 aromatic rings. The van der Waals surface area contributed by atoms with Gasteiger partial charge >= 0.3 is 0 Å². The van der Waals surface area contributed by atoms with Crippen LogP contribution in [0.4, 0.5) is 0 Å². The van der Waals surface area contributed by atoms with E-state index in [0.717, 1.165) is 17.0 Å². The third-order valence-corrected chi connectivity index (χ3v) is 3.91. The molecule has 0 spiro atoms. The second-order valence-electron chi connectivity index (χ2n) is 4.45. The number of thiophene rings is 1. The second-order valence-corrected chi connectivity index (χ2v) is 5.92. The Kier molecular flexibility index (Phi) is 7.23. The number of aliphatic hydroxyl groups is 1. The fourth-order valence-electron chi connectivity index (χ4n) is 1.91. The van der Waals surface area contributed by atoms with E-state index in [0.29, 0.717) is 26.3 Å². The van der Waals surface area contributed by atoms with Gasteiger partial charge in [-0.25, -0.2) is 0 Å². The number of ketones is 1. The quantitative estimate of drug-likeness (QED) is 0.556. The van der Waals surface area contributed by atoms with Crippen molar-refractivity contribution in [3.05, 3.63) is 21.4 Å². The van der Waals surface area contributed by atoms with Crippen LogP contribution in [0.5, 0.6) is 0 Å². The highest BCUT2D eigenvalue weighted by Crippen LogP contribution is 2.21. The fraction of sp³-hybridized carbons (Fsp3) is 0.643. The van der Waals surface area contributed by atoms with Crippen LogP contribution < -0.4 is 0 Å². The molecular formula is C14H23NO3S. The molecule has 1 rings (SSSR count). The first-order chi connectivity index (χ1) is 9.08. The SMILES string of the molecule is CCN(CCOCCO)CC(=O)c1cc(C)sc1C. The van der Waals surface area contributed by atoms with Gasteiger partial charge in [0.2, 0.25) is 0 Å². The number of Topliss-reactive ketones (excluding diaryl/α,β-unsaturated/α-hetero) is 1. The lowest BCUT2D eigenvalue weighted by atomic mass is 10.1. The summed E-state index contributed by atoms with van der Waals surface area (Å²) in [5, 5.41) is 8.62. The zero-order chi connectivity index (χ0) is 14.3. The van der Waals surface area contributed by atoms with E-state index in [1.807, 2.05) is 26.8 Å². The van der Waals surface area contributed by atoms with Crippen LogP contribution in [0.15, 0.2) is 6.07 Å². The summed E-state index contributed by atoms with van der Waals surface area (Å²) in [5.41, 5.74) is 0.845. The normalized spacial score (nSPS) is 11.2. The molecule has 0 atom stereocenters. The second kappa shape index (κ2) is 8.43. The molecule has 1 aromatic heterocycles. The Bertz CT molecular complexity index is 403. The number of rotatable bonds is 9. The molecule has 4 nitrogen and oxygen atoms in total. The maximum Gasteiger partial charge on any atom is 0.177 e. The number of carbonyl (C=O) groups excluding carboxylic acids is 1. The maximum atomic E-state index is 12.2. The van der Waals surface area contributed by atoms with Gasteiger partial charge < -0.3 is 9.84 Å². The van der Waals surface area contributed by atoms with Crippen LogP contribution in [0, 0.1) is 13.8 Å². The van der Waals surface area contributed by atoms with E-state index >= 15 is 0 Å². The van der Waals surface area contributed by atoms with Crippen LogP contribution >= 0.6 is 11.3 Å². The smallest absolute Gasteiger partial charge is 0.177 e. The van der Waals surface area contributed by atoms with Gasteiger partial charge in [-0.3, -0.25) is 9.69 Å². The van der Waals surface area contributed by atoms with E-state index in [-0.39, 0.29) is 12.4 Å². The summed E-state index contributed by atoms with van der Waals surface area (Å²) in [7, 11) is 0. The van der Waals surface area contributed by atoms with Gasteiger partial charge in [-0.05, 0) is 26.5 Å². The predicted octanol–water partition coefficient (Wildman–Crippen LogP) is 1.88. The van der Waals surface area contributed by atoms with Crippen LogP contribution in [0.2, 0.25) is 0 Å². The molecule has 0 amide bonds. The monoisotopic (exact) mass is 285 g/mol. The zero-order valence-corrected chi connectivity index (χ0v) is 12.8. The van der Waals surface area contributed by atoms with Crippen LogP contribution in [-0.4, -0.2) is 55.2 Å². The van der Waals surface area contributed by atoms with Gasteiger partial charge in [0.15, 0.2) is 5.78 Å². The van der Waals surface area contributed by atoms with E-state index in [9.17, 15) is 4.79 Å². The highest BCUT2D eigenvalue weighted by atomic mass is 32.1. The predicted molar refractivity (Wildman–Crippen MR) is 78.1 cm³/mol. The van der Waals surface area contributed by atoms with Crippen molar-refractivity contribution in [2.75, 3.05) is 39.5 Å². The number of ether oxygens (including phenoxy) is 1. The molecule has 0 aliphatic carbocycles. The van der Waals surface area contributed by atoms with Crippen molar-refractivity contribution in [1.82, 2.24) is 4.90 Å². The Hall–Kier alpha value is -0.750. The number of aryl methyl sites for hydroxylation is 2. The molecule has 0 aromatic carbocycles. The van der Waals surface area contributed by atoms with Crippen molar-refractivity contribution in [2.24, 2.45) is 0 Å². The van der Waals surface area contributed by atoms with E-state index in [4.69, 9.17) is 9.84 Å². The molecule has 0 aliphatic rings. The number of hydrogen-bond donors (Lipinski definition) is 1. The molecule has 1 heterocycles. The summed E-state index contributed by atoms with van der Waals surface area (Å²) in [6, 6.07) is 1.97. The van der Waals surface area contributed by atoms with Crippen molar-refractivity contribution in [3.63, 3.8) is 0 Å². The minimum Gasteiger partial charge on any atom is -0.394 e. The summed E-state index contributed by atoms with van der Waals surface area (Å²) >= 11 is 1.66. The summed E-state index contributed by atoms with van der Waals surface area (Å²) in [6.07, 6.45) is 0. The van der Waals surface area contributed by atoms with Crippen LogP contribution in [0.3, 0.4) is 0 Å². The fourth-order valence-corrected chi connectivity index (χ4v) is 2.85. The molecule has 0 saturated carbocycles. The molecular weight excluding hydrogens is 262 g/mol. The largest absolute Gasteiger partial charge is 0.394 e. The summed E-state index contributed by atoms with van der Waals surface area (Å²) < 4.78 is 5.23. The highest BCUT2D eigenvalue weighted by molar-refractivity contribution is 7.12. The van der Waals surface area contributed by atoms with Crippen LogP contribution in [0.1, 0.15) is 27.0 Å². The van der Waals surface area contributed by atoms with Crippen molar-refractivity contribution in [2.45, 2.75) is 20.8 Å². The molecule has 0 saturated heterocycles. The van der Waals surface area contributed by atoms with Gasteiger partial charge in [-0.2, -0.15) is 0 Å². The Morgan fingerprint density at radius 3 is 2.68 bits per heavy atom. The third kappa shape index (κ3) is 5.40. The Morgan fingerprint density at radius 1 is 1.42 bits per heavy atom. The topological polar surface area (TPSA) is 49.8 Å². The standard InChI is InChI=1S/C14H23NO3S/c1-4-15(5-7-18-8-6-16)10-14(17)13-9-11(2)19-12(13)3/h9,16H,4-8,10H2,1-3H3. The number of hydrogen-bond acceptors (Lipinski definition) is 5. The first-order valence-corrected chi connectivity index (χ1v) is 7.41. The molecule has 0 aliphatic heterocycles. The first-order valence-electron chi connectivity index (χ1n) is 6.59. The summed E-state index contributed by atoms with van der Waals surface area (Å²) in [5.74, 6) is 0.172. The van der Waals surface area contributed by atoms with Crippen molar-refractivity contribution in [1.29, 1.82) is 0 Å². The minimum absolute atomic E-state index is 0.0401. The molecule has 0 radical (unpaired) electrons. The van der Waals surface area contributed by atoms with Gasteiger partial charge in [0, 0.05) is 21.9 Å². The van der Waals surface area contributed by atoms with E-state index in [2.05, 4.69) is 4.90 Å². The molecule has 0 bridgehead atoms. The van der Waals surface area contributed by atoms with Gasteiger partial charge in [-0.1, -0.05) is 6.92 Å². The Balaban J connectivity index is 2.46. The van der Waals surface area contributed by atoms with E-state index < -0.39 is 0 Å². The van der Waals surface area contributed by atoms with E-state index in [1.165, 1.54) is 4.88 Å². The Labute approximate surface area is 119 Å². The lowest BCUT2D eigenvalue weighted by Crippen LogP contribution is -2.33. The van der Waals surface area contributed by atoms with Gasteiger partial charge in [0.05, 0.1) is 26.4 Å². The summed E-state index contributed by atoms with van der Waals surface area (Å²) in [6.45, 7) is 8.94. The van der Waals surface area contributed by atoms with Gasteiger partial charge in [0.1, 0.15) is 0 Å².